The maximum atomic E-state index is 13.4. The fourth-order valence-electron chi connectivity index (χ4n) is 3.43. The summed E-state index contributed by atoms with van der Waals surface area (Å²) in [7, 11) is -3.90. The quantitative estimate of drug-likeness (QED) is 0.588. The van der Waals surface area contributed by atoms with Gasteiger partial charge in [0.05, 0.1) is 11.4 Å². The second-order valence-electron chi connectivity index (χ2n) is 7.69. The lowest BCUT2D eigenvalue weighted by Gasteiger charge is -2.22. The average Bonchev–Trinajstić information content (AvgIpc) is 3.21. The van der Waals surface area contributed by atoms with Crippen molar-refractivity contribution in [3.8, 4) is 11.5 Å². The zero-order valence-electron chi connectivity index (χ0n) is 17.9. The first-order chi connectivity index (χ1) is 15.3. The van der Waals surface area contributed by atoms with E-state index in [-0.39, 0.29) is 24.8 Å². The number of hydrogen-bond donors (Lipinski definition) is 1. The SMILES string of the molecule is Cc1ccc(S(=O)(=O)N(CC(=O)Nc2ccc3c(c2)OCO3)Cc2cccc(C)c2)cc1. The Balaban J connectivity index is 1.58. The molecule has 0 aliphatic carbocycles. The van der Waals surface area contributed by atoms with Crippen molar-refractivity contribution in [2.75, 3.05) is 18.7 Å². The van der Waals surface area contributed by atoms with Crippen LogP contribution in [0.5, 0.6) is 11.5 Å². The van der Waals surface area contributed by atoms with Crippen molar-refractivity contribution < 1.29 is 22.7 Å². The van der Waals surface area contributed by atoms with Gasteiger partial charge in [0, 0.05) is 18.3 Å². The largest absolute Gasteiger partial charge is 0.454 e. The minimum absolute atomic E-state index is 0.0758. The second-order valence-corrected chi connectivity index (χ2v) is 9.63. The molecule has 1 amide bonds. The summed E-state index contributed by atoms with van der Waals surface area (Å²) in [6, 6.07) is 19.2. The number of sulfonamides is 1. The standard InChI is InChI=1S/C24H24N2O5S/c1-17-6-9-21(10-7-17)32(28,29)26(14-19-5-3-4-18(2)12-19)15-24(27)25-20-8-11-22-23(13-20)31-16-30-22/h3-13H,14-16H2,1-2H3,(H,25,27). The number of carbonyl (C=O) groups excluding carboxylic acids is 1. The van der Waals surface area contributed by atoms with Crippen LogP contribution >= 0.6 is 0 Å². The molecule has 3 aromatic rings. The van der Waals surface area contributed by atoms with Crippen LogP contribution in [0.4, 0.5) is 5.69 Å². The number of nitrogens with zero attached hydrogens (tertiary/aromatic N) is 1. The number of anilines is 1. The molecule has 1 aliphatic heterocycles. The van der Waals surface area contributed by atoms with Gasteiger partial charge in [0.15, 0.2) is 11.5 Å². The molecule has 4 rings (SSSR count). The third-order valence-corrected chi connectivity index (χ3v) is 6.88. The van der Waals surface area contributed by atoms with Crippen molar-refractivity contribution in [1.82, 2.24) is 4.31 Å². The van der Waals surface area contributed by atoms with Crippen molar-refractivity contribution in [1.29, 1.82) is 0 Å². The molecule has 1 N–H and O–H groups in total. The van der Waals surface area contributed by atoms with Gasteiger partial charge in [-0.1, -0.05) is 47.5 Å². The fraction of sp³-hybridized carbons (Fsp3) is 0.208. The molecule has 0 saturated carbocycles. The van der Waals surface area contributed by atoms with Crippen LogP contribution in [0.25, 0.3) is 0 Å². The van der Waals surface area contributed by atoms with Gasteiger partial charge in [0.25, 0.3) is 0 Å². The number of hydrogen-bond acceptors (Lipinski definition) is 5. The summed E-state index contributed by atoms with van der Waals surface area (Å²) in [5.41, 5.74) is 3.27. The smallest absolute Gasteiger partial charge is 0.243 e. The van der Waals surface area contributed by atoms with E-state index in [1.807, 2.05) is 38.1 Å². The maximum absolute atomic E-state index is 13.4. The van der Waals surface area contributed by atoms with Gasteiger partial charge in [-0.2, -0.15) is 4.31 Å². The van der Waals surface area contributed by atoms with E-state index in [1.165, 1.54) is 4.31 Å². The number of fused-ring (bicyclic) bond motifs is 1. The Morgan fingerprint density at radius 3 is 2.44 bits per heavy atom. The highest BCUT2D eigenvalue weighted by atomic mass is 32.2. The van der Waals surface area contributed by atoms with Crippen molar-refractivity contribution in [2.24, 2.45) is 0 Å². The van der Waals surface area contributed by atoms with Gasteiger partial charge in [-0.25, -0.2) is 8.42 Å². The van der Waals surface area contributed by atoms with E-state index < -0.39 is 15.9 Å². The summed E-state index contributed by atoms with van der Waals surface area (Å²) in [5, 5.41) is 2.75. The number of amides is 1. The predicted octanol–water partition coefficient (Wildman–Crippen LogP) is 3.86. The summed E-state index contributed by atoms with van der Waals surface area (Å²) >= 11 is 0. The molecule has 0 saturated heterocycles. The van der Waals surface area contributed by atoms with Crippen LogP contribution in [-0.2, 0) is 21.4 Å². The molecule has 0 unspecified atom stereocenters. The summed E-state index contributed by atoms with van der Waals surface area (Å²) in [6.07, 6.45) is 0. The van der Waals surface area contributed by atoms with Crippen LogP contribution in [0, 0.1) is 13.8 Å². The van der Waals surface area contributed by atoms with Crippen LogP contribution in [0.15, 0.2) is 71.6 Å². The lowest BCUT2D eigenvalue weighted by molar-refractivity contribution is -0.116. The number of ether oxygens (including phenoxy) is 2. The molecular formula is C24H24N2O5S. The molecule has 0 spiro atoms. The Kier molecular flexibility index (Phi) is 6.16. The van der Waals surface area contributed by atoms with Gasteiger partial charge < -0.3 is 14.8 Å². The summed E-state index contributed by atoms with van der Waals surface area (Å²) < 4.78 is 38.6. The Morgan fingerprint density at radius 1 is 0.938 bits per heavy atom. The highest BCUT2D eigenvalue weighted by Crippen LogP contribution is 2.34. The van der Waals surface area contributed by atoms with E-state index in [1.54, 1.807) is 42.5 Å². The van der Waals surface area contributed by atoms with Gasteiger partial charge in [-0.3, -0.25) is 4.79 Å². The molecule has 1 heterocycles. The first kappa shape index (κ1) is 21.9. The zero-order valence-corrected chi connectivity index (χ0v) is 18.7. The summed E-state index contributed by atoms with van der Waals surface area (Å²) in [6.45, 7) is 3.70. The molecule has 166 valence electrons. The third-order valence-electron chi connectivity index (χ3n) is 5.08. The number of nitrogens with one attached hydrogen (secondary N) is 1. The lowest BCUT2D eigenvalue weighted by atomic mass is 10.1. The molecule has 0 aromatic heterocycles. The molecule has 7 nitrogen and oxygen atoms in total. The number of carbonyl (C=O) groups is 1. The normalized spacial score (nSPS) is 12.7. The zero-order chi connectivity index (χ0) is 22.7. The van der Waals surface area contributed by atoms with Crippen LogP contribution in [0.1, 0.15) is 16.7 Å². The van der Waals surface area contributed by atoms with Crippen molar-refractivity contribution in [3.05, 3.63) is 83.4 Å². The number of benzene rings is 3. The third kappa shape index (κ3) is 4.92. The van der Waals surface area contributed by atoms with E-state index in [2.05, 4.69) is 5.32 Å². The van der Waals surface area contributed by atoms with Gasteiger partial charge in [-0.05, 0) is 43.7 Å². The fourth-order valence-corrected chi connectivity index (χ4v) is 4.82. The topological polar surface area (TPSA) is 84.9 Å². The average molecular weight is 453 g/mol. The minimum atomic E-state index is -3.90. The second kappa shape index (κ2) is 9.02. The maximum Gasteiger partial charge on any atom is 0.243 e. The van der Waals surface area contributed by atoms with Gasteiger partial charge in [-0.15, -0.1) is 0 Å². The van der Waals surface area contributed by atoms with Crippen LogP contribution in [0.3, 0.4) is 0 Å². The van der Waals surface area contributed by atoms with Gasteiger partial charge in [0.1, 0.15) is 0 Å². The van der Waals surface area contributed by atoms with Gasteiger partial charge in [0.2, 0.25) is 22.7 Å². The first-order valence-electron chi connectivity index (χ1n) is 10.1. The Bertz CT molecular complexity index is 1240. The molecule has 0 atom stereocenters. The Hall–Kier alpha value is -3.36. The molecule has 8 heteroatoms. The summed E-state index contributed by atoms with van der Waals surface area (Å²) in [4.78, 5) is 13.0. The molecule has 0 fully saturated rings. The van der Waals surface area contributed by atoms with E-state index in [4.69, 9.17) is 9.47 Å². The van der Waals surface area contributed by atoms with Crippen LogP contribution < -0.4 is 14.8 Å². The van der Waals surface area contributed by atoms with Crippen LogP contribution in [-0.4, -0.2) is 32.0 Å². The molecule has 3 aromatic carbocycles. The van der Waals surface area contributed by atoms with Gasteiger partial charge >= 0.3 is 0 Å². The van der Waals surface area contributed by atoms with Crippen molar-refractivity contribution >= 4 is 21.6 Å². The van der Waals surface area contributed by atoms with E-state index >= 15 is 0 Å². The predicted molar refractivity (Wildman–Crippen MR) is 121 cm³/mol. The number of aryl methyl sites for hydroxylation is 2. The Morgan fingerprint density at radius 2 is 1.69 bits per heavy atom. The number of rotatable bonds is 7. The summed E-state index contributed by atoms with van der Waals surface area (Å²) in [5.74, 6) is 0.685. The minimum Gasteiger partial charge on any atom is -0.454 e. The van der Waals surface area contributed by atoms with Crippen molar-refractivity contribution in [2.45, 2.75) is 25.3 Å². The Labute approximate surface area is 187 Å². The molecule has 1 aliphatic rings. The van der Waals surface area contributed by atoms with Crippen LogP contribution in [0.2, 0.25) is 0 Å². The monoisotopic (exact) mass is 452 g/mol. The lowest BCUT2D eigenvalue weighted by Crippen LogP contribution is -2.37. The van der Waals surface area contributed by atoms with E-state index in [9.17, 15) is 13.2 Å². The molecule has 0 radical (unpaired) electrons. The molecule has 0 bridgehead atoms. The highest BCUT2D eigenvalue weighted by molar-refractivity contribution is 7.89. The molecule has 32 heavy (non-hydrogen) atoms. The highest BCUT2D eigenvalue weighted by Gasteiger charge is 2.27. The van der Waals surface area contributed by atoms with E-state index in [0.717, 1.165) is 16.7 Å². The first-order valence-corrected chi connectivity index (χ1v) is 11.6. The van der Waals surface area contributed by atoms with Crippen molar-refractivity contribution in [3.63, 3.8) is 0 Å². The van der Waals surface area contributed by atoms with E-state index in [0.29, 0.717) is 17.2 Å². The molecular weight excluding hydrogens is 428 g/mol.